The molecule has 1 saturated carbocycles. The summed E-state index contributed by atoms with van der Waals surface area (Å²) in [4.78, 5) is 27.3. The molecule has 4 nitrogen and oxygen atoms in total. The van der Waals surface area contributed by atoms with Gasteiger partial charge in [0.1, 0.15) is 12.4 Å². The van der Waals surface area contributed by atoms with Crippen molar-refractivity contribution in [1.29, 1.82) is 0 Å². The Kier molecular flexibility index (Phi) is 8.44. The van der Waals surface area contributed by atoms with E-state index in [2.05, 4.69) is 45.2 Å². The van der Waals surface area contributed by atoms with Crippen LogP contribution < -0.4 is 4.74 Å². The second-order valence-electron chi connectivity index (χ2n) is 8.03. The Labute approximate surface area is 224 Å². The molecule has 4 rings (SSSR count). The summed E-state index contributed by atoms with van der Waals surface area (Å²) in [6.45, 7) is 0.997. The number of amides is 2. The highest BCUT2D eigenvalue weighted by molar-refractivity contribution is 14.1. The summed E-state index contributed by atoms with van der Waals surface area (Å²) < 4.78 is 7.95. The molecule has 0 spiro atoms. The molecule has 2 aromatic rings. The van der Waals surface area contributed by atoms with Crippen LogP contribution in [0.4, 0.5) is 4.79 Å². The van der Waals surface area contributed by atoms with Crippen LogP contribution in [0.1, 0.15) is 43.2 Å². The molecule has 0 bridgehead atoms. The third kappa shape index (κ3) is 6.01. The van der Waals surface area contributed by atoms with Gasteiger partial charge in [-0.1, -0.05) is 43.0 Å². The number of benzene rings is 2. The van der Waals surface area contributed by atoms with E-state index in [9.17, 15) is 9.59 Å². The maximum atomic E-state index is 12.9. The van der Waals surface area contributed by atoms with Gasteiger partial charge in [0.2, 0.25) is 0 Å². The Morgan fingerprint density at radius 1 is 1.06 bits per heavy atom. The molecule has 168 valence electrons. The lowest BCUT2D eigenvalue weighted by Gasteiger charge is -2.25. The number of rotatable bonds is 6. The molecule has 1 aliphatic heterocycles. The fourth-order valence-electron chi connectivity index (χ4n) is 3.97. The molecule has 0 radical (unpaired) electrons. The molecule has 2 amide bonds. The molecule has 2 aromatic carbocycles. The van der Waals surface area contributed by atoms with Crippen LogP contribution in [0, 0.1) is 13.1 Å². The van der Waals surface area contributed by atoms with Crippen molar-refractivity contribution in [3.63, 3.8) is 0 Å². The molecule has 1 aliphatic carbocycles. The van der Waals surface area contributed by atoms with Gasteiger partial charge in [0.25, 0.3) is 11.1 Å². The van der Waals surface area contributed by atoms with E-state index in [0.717, 1.165) is 48.6 Å². The highest BCUT2D eigenvalue weighted by Crippen LogP contribution is 2.36. The van der Waals surface area contributed by atoms with Crippen LogP contribution in [0.3, 0.4) is 0 Å². The number of nitrogens with zero attached hydrogens (tertiary/aromatic N) is 1. The van der Waals surface area contributed by atoms with Crippen LogP contribution in [0.2, 0.25) is 5.02 Å². The van der Waals surface area contributed by atoms with Crippen LogP contribution >= 0.6 is 68.5 Å². The van der Waals surface area contributed by atoms with Crippen LogP contribution in [0.5, 0.6) is 5.75 Å². The molecule has 8 heteroatoms. The fraction of sp³-hybridized carbons (Fsp3) is 0.333. The summed E-state index contributed by atoms with van der Waals surface area (Å²) in [5, 5.41) is 0.546. The molecule has 1 saturated heterocycles. The lowest BCUT2D eigenvalue weighted by Crippen LogP contribution is -2.34. The average Bonchev–Trinajstić information content (AvgIpc) is 3.02. The predicted molar refractivity (Wildman–Crippen MR) is 147 cm³/mol. The van der Waals surface area contributed by atoms with Gasteiger partial charge < -0.3 is 4.74 Å². The van der Waals surface area contributed by atoms with Crippen molar-refractivity contribution in [3.8, 4) is 5.75 Å². The van der Waals surface area contributed by atoms with E-state index < -0.39 is 0 Å². The first kappa shape index (κ1) is 24.3. The quantitative estimate of drug-likeness (QED) is 0.230. The summed E-state index contributed by atoms with van der Waals surface area (Å²) in [7, 11) is 0. The fourth-order valence-corrected chi connectivity index (χ4v) is 7.08. The summed E-state index contributed by atoms with van der Waals surface area (Å²) in [5.74, 6) is 1.08. The largest absolute Gasteiger partial charge is 0.487 e. The first-order chi connectivity index (χ1) is 15.4. The molecule has 1 heterocycles. The highest BCUT2D eigenvalue weighted by Gasteiger charge is 2.36. The number of thioether (sulfide) groups is 1. The van der Waals surface area contributed by atoms with Gasteiger partial charge in [0.05, 0.1) is 12.0 Å². The molecule has 2 aliphatic rings. The third-order valence-corrected chi connectivity index (χ3v) is 8.42. The minimum absolute atomic E-state index is 0.154. The molecule has 0 N–H and O–H groups in total. The van der Waals surface area contributed by atoms with E-state index in [4.69, 9.17) is 16.3 Å². The van der Waals surface area contributed by atoms with Gasteiger partial charge in [0.15, 0.2) is 0 Å². The molecule has 0 atom stereocenters. The molecular formula is C24H22ClI2NO3S. The van der Waals surface area contributed by atoms with Crippen molar-refractivity contribution in [1.82, 2.24) is 4.90 Å². The zero-order valence-corrected chi connectivity index (χ0v) is 23.2. The second kappa shape index (κ2) is 11.1. The highest BCUT2D eigenvalue weighted by atomic mass is 127. The summed E-state index contributed by atoms with van der Waals surface area (Å²) >= 11 is 11.5. The Hall–Kier alpha value is -0.780. The molecule has 0 unspecified atom stereocenters. The predicted octanol–water partition coefficient (Wildman–Crippen LogP) is 7.74. The van der Waals surface area contributed by atoms with Crippen molar-refractivity contribution < 1.29 is 14.3 Å². The first-order valence-corrected chi connectivity index (χ1v) is 13.9. The first-order valence-electron chi connectivity index (χ1n) is 10.5. The lowest BCUT2D eigenvalue weighted by atomic mass is 9.89. The minimum atomic E-state index is -0.168. The maximum Gasteiger partial charge on any atom is 0.293 e. The van der Waals surface area contributed by atoms with E-state index in [-0.39, 0.29) is 11.1 Å². The van der Waals surface area contributed by atoms with Gasteiger partial charge in [0, 0.05) is 11.6 Å². The van der Waals surface area contributed by atoms with Gasteiger partial charge >= 0.3 is 0 Å². The molecular weight excluding hydrogens is 672 g/mol. The van der Waals surface area contributed by atoms with E-state index in [0.29, 0.717) is 29.0 Å². The molecule has 32 heavy (non-hydrogen) atoms. The second-order valence-corrected chi connectivity index (χ2v) is 11.8. The van der Waals surface area contributed by atoms with Crippen molar-refractivity contribution >= 4 is 85.8 Å². The monoisotopic (exact) mass is 693 g/mol. The van der Waals surface area contributed by atoms with Crippen molar-refractivity contribution in [2.45, 2.75) is 38.7 Å². The van der Waals surface area contributed by atoms with E-state index >= 15 is 0 Å². The van der Waals surface area contributed by atoms with Gasteiger partial charge in [-0.3, -0.25) is 14.5 Å². The summed E-state index contributed by atoms with van der Waals surface area (Å²) in [6, 6.07) is 11.5. The minimum Gasteiger partial charge on any atom is -0.487 e. The van der Waals surface area contributed by atoms with E-state index in [1.165, 1.54) is 24.2 Å². The zero-order chi connectivity index (χ0) is 22.7. The molecule has 0 aromatic heterocycles. The average molecular weight is 694 g/mol. The smallest absolute Gasteiger partial charge is 0.293 e. The number of carbonyl (C=O) groups excluding carboxylic acids is 2. The summed E-state index contributed by atoms with van der Waals surface area (Å²) in [5.41, 5.74) is 1.93. The standard InChI is InChI=1S/C24H22ClI2NO3S/c25-18-8-6-16(7-9-18)14-31-22-19(26)10-17(11-20(22)27)12-21-23(29)28(24(30)32-21)13-15-4-2-1-3-5-15/h6-12,15H,1-5,13-14H2/b21-12+. The number of ether oxygens (including phenoxy) is 1. The Morgan fingerprint density at radius 2 is 1.72 bits per heavy atom. The van der Waals surface area contributed by atoms with Crippen LogP contribution in [0.15, 0.2) is 41.3 Å². The summed E-state index contributed by atoms with van der Waals surface area (Å²) in [6.07, 6.45) is 7.68. The van der Waals surface area contributed by atoms with Gasteiger partial charge in [-0.2, -0.15) is 0 Å². The number of carbonyl (C=O) groups is 2. The number of imide groups is 1. The molecule has 2 fully saturated rings. The van der Waals surface area contributed by atoms with E-state index in [1.807, 2.05) is 42.5 Å². The number of hydrogen-bond acceptors (Lipinski definition) is 4. The van der Waals surface area contributed by atoms with Gasteiger partial charge in [-0.15, -0.1) is 0 Å². The van der Waals surface area contributed by atoms with Gasteiger partial charge in [-0.05, 0) is 117 Å². The van der Waals surface area contributed by atoms with Crippen molar-refractivity contribution in [2.75, 3.05) is 6.54 Å². The topological polar surface area (TPSA) is 46.6 Å². The third-order valence-electron chi connectivity index (χ3n) is 5.65. The Balaban J connectivity index is 1.45. The number of hydrogen-bond donors (Lipinski definition) is 0. The Morgan fingerprint density at radius 3 is 2.38 bits per heavy atom. The SMILES string of the molecule is O=C1S/C(=C/c2cc(I)c(OCc3ccc(Cl)cc3)c(I)c2)C(=O)N1CC1CCCCC1. The Bertz CT molecular complexity index is 1030. The van der Waals surface area contributed by atoms with Crippen LogP contribution in [0.25, 0.3) is 6.08 Å². The normalized spacial score (nSPS) is 18.6. The number of halogens is 3. The lowest BCUT2D eigenvalue weighted by molar-refractivity contribution is -0.123. The van der Waals surface area contributed by atoms with E-state index in [1.54, 1.807) is 0 Å². The zero-order valence-electron chi connectivity index (χ0n) is 17.3. The van der Waals surface area contributed by atoms with Crippen LogP contribution in [-0.4, -0.2) is 22.6 Å². The maximum absolute atomic E-state index is 12.9. The van der Waals surface area contributed by atoms with Crippen LogP contribution in [-0.2, 0) is 11.4 Å². The van der Waals surface area contributed by atoms with Gasteiger partial charge in [-0.25, -0.2) is 0 Å². The van der Waals surface area contributed by atoms with Crippen molar-refractivity contribution in [2.24, 2.45) is 5.92 Å². The van der Waals surface area contributed by atoms with Crippen molar-refractivity contribution in [3.05, 3.63) is 64.6 Å².